The number of rotatable bonds is 7. The van der Waals surface area contributed by atoms with Crippen LogP contribution in [-0.2, 0) is 14.3 Å². The largest absolute Gasteiger partial charge is 0.452 e. The third-order valence-corrected chi connectivity index (χ3v) is 4.06. The van der Waals surface area contributed by atoms with Crippen LogP contribution in [0.5, 0.6) is 0 Å². The fourth-order valence-electron chi connectivity index (χ4n) is 2.62. The third-order valence-electron chi connectivity index (χ3n) is 4.06. The number of ether oxygens (including phenoxy) is 1. The highest BCUT2D eigenvalue weighted by molar-refractivity contribution is 5.99. The van der Waals surface area contributed by atoms with Gasteiger partial charge in [0.15, 0.2) is 6.61 Å². The monoisotopic (exact) mass is 375 g/mol. The first-order chi connectivity index (χ1) is 12.9. The van der Waals surface area contributed by atoms with E-state index in [1.807, 2.05) is 13.8 Å². The van der Waals surface area contributed by atoms with Gasteiger partial charge in [0.05, 0.1) is 5.56 Å². The van der Waals surface area contributed by atoms with E-state index >= 15 is 0 Å². The van der Waals surface area contributed by atoms with Gasteiger partial charge in [-0.05, 0) is 37.0 Å². The SMILES string of the molecule is CC(C)CCNC(=O)NC(=O)COC(=O)c1cccc(N2CCCC2=O)c1. The Kier molecular flexibility index (Phi) is 7.34. The van der Waals surface area contributed by atoms with Crippen molar-refractivity contribution in [2.75, 3.05) is 24.6 Å². The zero-order chi connectivity index (χ0) is 19.8. The van der Waals surface area contributed by atoms with E-state index in [0.717, 1.165) is 12.8 Å². The number of urea groups is 1. The van der Waals surface area contributed by atoms with Gasteiger partial charge in [0.2, 0.25) is 5.91 Å². The maximum absolute atomic E-state index is 12.1. The molecule has 2 N–H and O–H groups in total. The molecule has 8 heteroatoms. The van der Waals surface area contributed by atoms with Crippen LogP contribution in [0.15, 0.2) is 24.3 Å². The molecule has 0 spiro atoms. The summed E-state index contributed by atoms with van der Waals surface area (Å²) in [6.07, 6.45) is 2.08. The summed E-state index contributed by atoms with van der Waals surface area (Å²) < 4.78 is 4.94. The van der Waals surface area contributed by atoms with Crippen molar-refractivity contribution in [3.63, 3.8) is 0 Å². The highest BCUT2D eigenvalue weighted by Crippen LogP contribution is 2.22. The van der Waals surface area contributed by atoms with Crippen LogP contribution in [0.2, 0.25) is 0 Å². The number of hydrogen-bond donors (Lipinski definition) is 2. The standard InChI is InChI=1S/C19H25N3O5/c1-13(2)8-9-20-19(26)21-16(23)12-27-18(25)14-5-3-6-15(11-14)22-10-4-7-17(22)24/h3,5-6,11,13H,4,7-10,12H2,1-2H3,(H2,20,21,23,26). The number of imide groups is 1. The average molecular weight is 375 g/mol. The van der Waals surface area contributed by atoms with Gasteiger partial charge in [-0.15, -0.1) is 0 Å². The summed E-state index contributed by atoms with van der Waals surface area (Å²) in [5.41, 5.74) is 0.863. The van der Waals surface area contributed by atoms with Crippen LogP contribution in [0.4, 0.5) is 10.5 Å². The second kappa shape index (κ2) is 9.70. The van der Waals surface area contributed by atoms with Gasteiger partial charge in [0.1, 0.15) is 0 Å². The normalized spacial score (nSPS) is 13.6. The molecule has 1 aliphatic heterocycles. The molecule has 8 nitrogen and oxygen atoms in total. The van der Waals surface area contributed by atoms with Gasteiger partial charge in [0.25, 0.3) is 5.91 Å². The molecule has 27 heavy (non-hydrogen) atoms. The fraction of sp³-hybridized carbons (Fsp3) is 0.474. The van der Waals surface area contributed by atoms with E-state index in [2.05, 4.69) is 10.6 Å². The van der Waals surface area contributed by atoms with Gasteiger partial charge >= 0.3 is 12.0 Å². The lowest BCUT2D eigenvalue weighted by Crippen LogP contribution is -2.42. The molecule has 1 saturated heterocycles. The van der Waals surface area contributed by atoms with Crippen molar-refractivity contribution in [3.8, 4) is 0 Å². The number of benzene rings is 1. The van der Waals surface area contributed by atoms with Crippen molar-refractivity contribution in [3.05, 3.63) is 29.8 Å². The maximum atomic E-state index is 12.1. The van der Waals surface area contributed by atoms with Crippen LogP contribution in [0.25, 0.3) is 0 Å². The van der Waals surface area contributed by atoms with Crippen molar-refractivity contribution >= 4 is 29.5 Å². The number of nitrogens with zero attached hydrogens (tertiary/aromatic N) is 1. The smallest absolute Gasteiger partial charge is 0.338 e. The molecule has 1 fully saturated rings. The molecule has 0 unspecified atom stereocenters. The summed E-state index contributed by atoms with van der Waals surface area (Å²) in [7, 11) is 0. The van der Waals surface area contributed by atoms with Gasteiger partial charge in [-0.25, -0.2) is 9.59 Å². The predicted molar refractivity (Wildman–Crippen MR) is 99.3 cm³/mol. The maximum Gasteiger partial charge on any atom is 0.338 e. The lowest BCUT2D eigenvalue weighted by Gasteiger charge is -2.16. The summed E-state index contributed by atoms with van der Waals surface area (Å²) in [5, 5.41) is 4.66. The Labute approximate surface area is 158 Å². The number of esters is 1. The van der Waals surface area contributed by atoms with E-state index < -0.39 is 24.5 Å². The minimum Gasteiger partial charge on any atom is -0.452 e. The molecule has 0 aromatic heterocycles. The fourth-order valence-corrected chi connectivity index (χ4v) is 2.62. The molecule has 1 aromatic carbocycles. The summed E-state index contributed by atoms with van der Waals surface area (Å²) in [4.78, 5) is 48.8. The quantitative estimate of drug-likeness (QED) is 0.708. The van der Waals surface area contributed by atoms with Gasteiger partial charge in [-0.3, -0.25) is 14.9 Å². The van der Waals surface area contributed by atoms with E-state index in [1.54, 1.807) is 29.2 Å². The lowest BCUT2D eigenvalue weighted by molar-refractivity contribution is -0.123. The molecule has 1 aliphatic rings. The second-order valence-corrected chi connectivity index (χ2v) is 6.76. The van der Waals surface area contributed by atoms with Crippen LogP contribution in [-0.4, -0.2) is 43.5 Å². The van der Waals surface area contributed by atoms with Crippen molar-refractivity contribution in [1.82, 2.24) is 10.6 Å². The van der Waals surface area contributed by atoms with Crippen molar-refractivity contribution < 1.29 is 23.9 Å². The zero-order valence-electron chi connectivity index (χ0n) is 15.6. The van der Waals surface area contributed by atoms with E-state index in [1.165, 1.54) is 0 Å². The molecular formula is C19H25N3O5. The Hall–Kier alpha value is -2.90. The Morgan fingerprint density at radius 3 is 2.70 bits per heavy atom. The molecule has 2 rings (SSSR count). The van der Waals surface area contributed by atoms with Gasteiger partial charge in [0, 0.05) is 25.2 Å². The Morgan fingerprint density at radius 2 is 2.04 bits per heavy atom. The summed E-state index contributed by atoms with van der Waals surface area (Å²) in [6, 6.07) is 5.88. The molecule has 0 radical (unpaired) electrons. The molecular weight excluding hydrogens is 350 g/mol. The Balaban J connectivity index is 1.80. The Bertz CT molecular complexity index is 717. The van der Waals surface area contributed by atoms with Crippen LogP contribution < -0.4 is 15.5 Å². The van der Waals surface area contributed by atoms with Crippen molar-refractivity contribution in [2.24, 2.45) is 5.92 Å². The van der Waals surface area contributed by atoms with Gasteiger partial charge in [-0.1, -0.05) is 19.9 Å². The number of hydrogen-bond acceptors (Lipinski definition) is 5. The minimum absolute atomic E-state index is 0.0170. The molecule has 4 amide bonds. The zero-order valence-corrected chi connectivity index (χ0v) is 15.6. The second-order valence-electron chi connectivity index (χ2n) is 6.76. The molecule has 0 atom stereocenters. The van der Waals surface area contributed by atoms with Crippen molar-refractivity contribution in [2.45, 2.75) is 33.1 Å². The molecule has 0 aliphatic carbocycles. The highest BCUT2D eigenvalue weighted by atomic mass is 16.5. The first kappa shape index (κ1) is 20.4. The number of carbonyl (C=O) groups excluding carboxylic acids is 4. The highest BCUT2D eigenvalue weighted by Gasteiger charge is 2.22. The van der Waals surface area contributed by atoms with E-state index in [4.69, 9.17) is 4.74 Å². The molecule has 1 aromatic rings. The van der Waals surface area contributed by atoms with Gasteiger partial charge < -0.3 is 15.0 Å². The first-order valence-corrected chi connectivity index (χ1v) is 9.02. The minimum atomic E-state index is -0.712. The van der Waals surface area contributed by atoms with Crippen molar-refractivity contribution in [1.29, 1.82) is 0 Å². The van der Waals surface area contributed by atoms with Crippen LogP contribution >= 0.6 is 0 Å². The topological polar surface area (TPSA) is 105 Å². The summed E-state index contributed by atoms with van der Waals surface area (Å²) in [6.45, 7) is 4.56. The molecule has 146 valence electrons. The van der Waals surface area contributed by atoms with E-state index in [9.17, 15) is 19.2 Å². The average Bonchev–Trinajstić information content (AvgIpc) is 3.05. The third kappa shape index (κ3) is 6.40. The summed E-state index contributed by atoms with van der Waals surface area (Å²) >= 11 is 0. The summed E-state index contributed by atoms with van der Waals surface area (Å²) in [5.74, 6) is -0.952. The van der Waals surface area contributed by atoms with Crippen LogP contribution in [0.1, 0.15) is 43.5 Å². The van der Waals surface area contributed by atoms with Crippen LogP contribution in [0, 0.1) is 5.92 Å². The number of amides is 4. The molecule has 1 heterocycles. The lowest BCUT2D eigenvalue weighted by atomic mass is 10.1. The first-order valence-electron chi connectivity index (χ1n) is 9.02. The van der Waals surface area contributed by atoms with Crippen LogP contribution in [0.3, 0.4) is 0 Å². The molecule has 0 bridgehead atoms. The molecule has 0 saturated carbocycles. The van der Waals surface area contributed by atoms with E-state index in [-0.39, 0.29) is 11.5 Å². The number of carbonyl (C=O) groups is 4. The number of anilines is 1. The number of nitrogens with one attached hydrogen (secondary N) is 2. The Morgan fingerprint density at radius 1 is 1.26 bits per heavy atom. The predicted octanol–water partition coefficient (Wildman–Crippen LogP) is 1.84. The van der Waals surface area contributed by atoms with E-state index in [0.29, 0.717) is 31.1 Å². The van der Waals surface area contributed by atoms with Gasteiger partial charge in [-0.2, -0.15) is 0 Å².